The lowest BCUT2D eigenvalue weighted by Gasteiger charge is -2.26. The first-order valence-electron chi connectivity index (χ1n) is 7.24. The van der Waals surface area contributed by atoms with Crippen LogP contribution in [0.3, 0.4) is 0 Å². The van der Waals surface area contributed by atoms with Gasteiger partial charge in [-0.25, -0.2) is 0 Å². The molecule has 0 aromatic carbocycles. The zero-order valence-corrected chi connectivity index (χ0v) is 12.7. The smallest absolute Gasteiger partial charge is 0.244 e. The van der Waals surface area contributed by atoms with Crippen LogP contribution in [0.2, 0.25) is 0 Å². The number of carbonyl (C=O) groups excluding carboxylic acids is 1. The Morgan fingerprint density at radius 2 is 2.17 bits per heavy atom. The number of nitrogens with one attached hydrogen (secondary N) is 1. The number of carbonyl (C=O) groups is 1. The molecule has 2 rings (SSSR count). The van der Waals surface area contributed by atoms with Gasteiger partial charge in [-0.2, -0.15) is 11.8 Å². The topological polar surface area (TPSA) is 32.3 Å². The third kappa shape index (κ3) is 2.55. The lowest BCUT2D eigenvalue weighted by atomic mass is 9.98. The summed E-state index contributed by atoms with van der Waals surface area (Å²) >= 11 is 1.84. The van der Waals surface area contributed by atoms with Gasteiger partial charge in [-0.1, -0.05) is 33.1 Å². The second kappa shape index (κ2) is 5.83. The van der Waals surface area contributed by atoms with E-state index in [2.05, 4.69) is 30.3 Å². The Balaban J connectivity index is 2.11. The molecular formula is C14H26N2OS. The average molecular weight is 270 g/mol. The van der Waals surface area contributed by atoms with E-state index in [1.807, 2.05) is 11.8 Å². The first kappa shape index (κ1) is 14.2. The summed E-state index contributed by atoms with van der Waals surface area (Å²) in [6.45, 7) is 5.29. The molecular weight excluding hydrogens is 244 g/mol. The third-order valence-electron chi connectivity index (χ3n) is 4.36. The van der Waals surface area contributed by atoms with E-state index < -0.39 is 0 Å². The summed E-state index contributed by atoms with van der Waals surface area (Å²) in [4.78, 5) is 14.8. The number of thioether (sulfide) groups is 1. The summed E-state index contributed by atoms with van der Waals surface area (Å²) in [6, 6.07) is 0. The number of amides is 1. The third-order valence-corrected chi connectivity index (χ3v) is 5.32. The van der Waals surface area contributed by atoms with Crippen molar-refractivity contribution in [1.29, 1.82) is 0 Å². The van der Waals surface area contributed by atoms with Crippen LogP contribution in [0, 0.1) is 0 Å². The number of hydrogen-bond acceptors (Lipinski definition) is 3. The number of hydrogen-bond donors (Lipinski definition) is 1. The van der Waals surface area contributed by atoms with E-state index in [0.29, 0.717) is 11.2 Å². The van der Waals surface area contributed by atoms with Crippen molar-refractivity contribution in [3.05, 3.63) is 0 Å². The molecule has 0 radical (unpaired) electrons. The summed E-state index contributed by atoms with van der Waals surface area (Å²) in [5.41, 5.74) is -0.196. The summed E-state index contributed by atoms with van der Waals surface area (Å²) in [6.07, 6.45) is 9.08. The van der Waals surface area contributed by atoms with Crippen LogP contribution in [0.5, 0.6) is 0 Å². The highest BCUT2D eigenvalue weighted by Crippen LogP contribution is 2.37. The Morgan fingerprint density at radius 1 is 1.50 bits per heavy atom. The van der Waals surface area contributed by atoms with Crippen LogP contribution in [0.4, 0.5) is 0 Å². The molecule has 2 atom stereocenters. The fourth-order valence-electron chi connectivity index (χ4n) is 3.27. The van der Waals surface area contributed by atoms with E-state index in [4.69, 9.17) is 0 Å². The maximum Gasteiger partial charge on any atom is 0.244 e. The Hall–Kier alpha value is -0.220. The van der Waals surface area contributed by atoms with Gasteiger partial charge < -0.3 is 4.90 Å². The maximum absolute atomic E-state index is 12.7. The summed E-state index contributed by atoms with van der Waals surface area (Å²) in [7, 11) is 0. The van der Waals surface area contributed by atoms with Crippen LogP contribution in [0.15, 0.2) is 0 Å². The van der Waals surface area contributed by atoms with Gasteiger partial charge in [0.1, 0.15) is 0 Å². The highest BCUT2D eigenvalue weighted by molar-refractivity contribution is 7.99. The van der Waals surface area contributed by atoms with Gasteiger partial charge in [-0.15, -0.1) is 0 Å². The van der Waals surface area contributed by atoms with Crippen LogP contribution in [0.1, 0.15) is 52.4 Å². The normalized spacial score (nSPS) is 28.3. The number of rotatable bonds is 5. The molecule has 18 heavy (non-hydrogen) atoms. The molecule has 2 fully saturated rings. The van der Waals surface area contributed by atoms with E-state index >= 15 is 0 Å². The van der Waals surface area contributed by atoms with Gasteiger partial charge in [0, 0.05) is 11.8 Å². The first-order chi connectivity index (χ1) is 8.63. The molecule has 3 nitrogen and oxygen atoms in total. The van der Waals surface area contributed by atoms with Crippen molar-refractivity contribution in [1.82, 2.24) is 10.2 Å². The SMILES string of the molecule is CCCC1NC2(CCCC2)C(=O)N1CC(C)SC. The molecule has 1 aliphatic heterocycles. The standard InChI is InChI=1S/C14H26N2OS/c1-4-7-12-15-14(8-5-6-9-14)13(17)16(12)10-11(2)18-3/h11-12,15H,4-10H2,1-3H3. The van der Waals surface area contributed by atoms with Crippen molar-refractivity contribution < 1.29 is 4.79 Å². The largest absolute Gasteiger partial charge is 0.324 e. The second-order valence-corrected chi connectivity index (χ2v) is 7.02. The molecule has 4 heteroatoms. The van der Waals surface area contributed by atoms with Crippen LogP contribution >= 0.6 is 11.8 Å². The van der Waals surface area contributed by atoms with Crippen LogP contribution < -0.4 is 5.32 Å². The molecule has 1 N–H and O–H groups in total. The van der Waals surface area contributed by atoms with Crippen molar-refractivity contribution in [2.45, 2.75) is 69.3 Å². The number of nitrogens with zero attached hydrogens (tertiary/aromatic N) is 1. The fraction of sp³-hybridized carbons (Fsp3) is 0.929. The van der Waals surface area contributed by atoms with Crippen LogP contribution in [0.25, 0.3) is 0 Å². The van der Waals surface area contributed by atoms with Crippen LogP contribution in [-0.4, -0.2) is 40.6 Å². The minimum absolute atomic E-state index is 0.196. The average Bonchev–Trinajstić information content (AvgIpc) is 2.92. The monoisotopic (exact) mass is 270 g/mol. The fourth-order valence-corrected chi connectivity index (χ4v) is 3.58. The Morgan fingerprint density at radius 3 is 2.72 bits per heavy atom. The van der Waals surface area contributed by atoms with Gasteiger partial charge in [0.25, 0.3) is 0 Å². The molecule has 0 bridgehead atoms. The summed E-state index contributed by atoms with van der Waals surface area (Å²) < 4.78 is 0. The predicted octanol–water partition coefficient (Wildman–Crippen LogP) is 2.61. The van der Waals surface area contributed by atoms with Gasteiger partial charge >= 0.3 is 0 Å². The molecule has 2 aliphatic rings. The molecule has 1 aliphatic carbocycles. The van der Waals surface area contributed by atoms with E-state index in [1.54, 1.807) is 0 Å². The Labute approximate surface area is 115 Å². The molecule has 1 saturated heterocycles. The minimum Gasteiger partial charge on any atom is -0.324 e. The molecule has 1 spiro atoms. The van der Waals surface area contributed by atoms with Gasteiger partial charge in [0.2, 0.25) is 5.91 Å². The molecule has 0 aromatic rings. The minimum atomic E-state index is -0.196. The predicted molar refractivity (Wildman–Crippen MR) is 77.7 cm³/mol. The first-order valence-corrected chi connectivity index (χ1v) is 8.53. The van der Waals surface area contributed by atoms with Crippen LogP contribution in [-0.2, 0) is 4.79 Å². The summed E-state index contributed by atoms with van der Waals surface area (Å²) in [5.74, 6) is 0.374. The maximum atomic E-state index is 12.7. The molecule has 1 amide bonds. The highest BCUT2D eigenvalue weighted by Gasteiger charge is 2.51. The van der Waals surface area contributed by atoms with Crippen molar-refractivity contribution in [3.8, 4) is 0 Å². The molecule has 2 unspecified atom stereocenters. The van der Waals surface area contributed by atoms with Crippen molar-refractivity contribution >= 4 is 17.7 Å². The zero-order valence-electron chi connectivity index (χ0n) is 11.9. The van der Waals surface area contributed by atoms with Gasteiger partial charge in [-0.05, 0) is 25.5 Å². The zero-order chi connectivity index (χ0) is 13.2. The van der Waals surface area contributed by atoms with E-state index in [1.165, 1.54) is 12.8 Å². The molecule has 1 saturated carbocycles. The van der Waals surface area contributed by atoms with Gasteiger partial charge in [0.05, 0.1) is 11.7 Å². The quantitative estimate of drug-likeness (QED) is 0.833. The van der Waals surface area contributed by atoms with Crippen molar-refractivity contribution in [2.75, 3.05) is 12.8 Å². The lowest BCUT2D eigenvalue weighted by molar-refractivity contribution is -0.133. The van der Waals surface area contributed by atoms with Gasteiger partial charge in [-0.3, -0.25) is 10.1 Å². The molecule has 0 aromatic heterocycles. The summed E-state index contributed by atoms with van der Waals surface area (Å²) in [5, 5.41) is 4.18. The molecule has 104 valence electrons. The van der Waals surface area contributed by atoms with Crippen molar-refractivity contribution in [3.63, 3.8) is 0 Å². The Kier molecular flexibility index (Phi) is 4.59. The van der Waals surface area contributed by atoms with E-state index in [9.17, 15) is 4.79 Å². The van der Waals surface area contributed by atoms with Gasteiger partial charge in [0.15, 0.2) is 0 Å². The molecule has 1 heterocycles. The second-order valence-electron chi connectivity index (χ2n) is 5.74. The van der Waals surface area contributed by atoms with E-state index in [-0.39, 0.29) is 11.7 Å². The van der Waals surface area contributed by atoms with E-state index in [0.717, 1.165) is 32.2 Å². The highest BCUT2D eigenvalue weighted by atomic mass is 32.2. The van der Waals surface area contributed by atoms with Crippen molar-refractivity contribution in [2.24, 2.45) is 0 Å². The lowest BCUT2D eigenvalue weighted by Crippen LogP contribution is -2.44. The Bertz CT molecular complexity index is 302.